The van der Waals surface area contributed by atoms with E-state index in [0.29, 0.717) is 5.69 Å². The van der Waals surface area contributed by atoms with Gasteiger partial charge in [-0.15, -0.1) is 0 Å². The lowest BCUT2D eigenvalue weighted by Gasteiger charge is -2.23. The first-order valence-corrected chi connectivity index (χ1v) is 7.61. The molecule has 0 bridgehead atoms. The molecule has 2 atom stereocenters. The van der Waals surface area contributed by atoms with Gasteiger partial charge < -0.3 is 15.7 Å². The molecule has 1 saturated heterocycles. The SMILES string of the molecule is C/C=C\C=C/c1ccc([C@H](O)[C@@H](N)C(=O)N2CCCC2)nc1. The van der Waals surface area contributed by atoms with E-state index in [0.717, 1.165) is 31.5 Å². The van der Waals surface area contributed by atoms with E-state index >= 15 is 0 Å². The highest BCUT2D eigenvalue weighted by Gasteiger charge is 2.30. The predicted molar refractivity (Wildman–Crippen MR) is 86.8 cm³/mol. The highest BCUT2D eigenvalue weighted by Crippen LogP contribution is 2.18. The molecule has 0 radical (unpaired) electrons. The van der Waals surface area contributed by atoms with Crippen LogP contribution in [0.25, 0.3) is 6.08 Å². The minimum Gasteiger partial charge on any atom is -0.385 e. The van der Waals surface area contributed by atoms with Crippen LogP contribution in [0.2, 0.25) is 0 Å². The Morgan fingerprint density at radius 2 is 2.09 bits per heavy atom. The summed E-state index contributed by atoms with van der Waals surface area (Å²) in [7, 11) is 0. The second-order valence-electron chi connectivity index (χ2n) is 5.40. The lowest BCUT2D eigenvalue weighted by molar-refractivity contribution is -0.134. The van der Waals surface area contributed by atoms with E-state index in [9.17, 15) is 9.90 Å². The Balaban J connectivity index is 2.02. The van der Waals surface area contributed by atoms with Crippen molar-refractivity contribution in [3.63, 3.8) is 0 Å². The predicted octanol–water partition coefficient (Wildman–Crippen LogP) is 1.65. The van der Waals surface area contributed by atoms with Gasteiger partial charge in [0.25, 0.3) is 0 Å². The van der Waals surface area contributed by atoms with Crippen LogP contribution in [-0.4, -0.2) is 40.0 Å². The first-order valence-electron chi connectivity index (χ1n) is 7.61. The summed E-state index contributed by atoms with van der Waals surface area (Å²) in [6, 6.07) is 2.59. The van der Waals surface area contributed by atoms with Crippen LogP contribution in [0.15, 0.2) is 36.6 Å². The lowest BCUT2D eigenvalue weighted by Crippen LogP contribution is -2.46. The van der Waals surface area contributed by atoms with Crippen LogP contribution in [0.3, 0.4) is 0 Å². The molecule has 1 aromatic heterocycles. The average molecular weight is 301 g/mol. The first-order chi connectivity index (χ1) is 10.6. The van der Waals surface area contributed by atoms with Crippen LogP contribution < -0.4 is 5.73 Å². The third-order valence-electron chi connectivity index (χ3n) is 3.75. The standard InChI is InChI=1S/C17H23N3O2/c1-2-3-4-7-13-8-9-14(19-12-13)16(21)15(18)17(22)20-10-5-6-11-20/h2-4,7-9,12,15-16,21H,5-6,10-11,18H2,1H3/b3-2-,7-4-/t15-,16+/m1/s1. The van der Waals surface area contributed by atoms with Gasteiger partial charge in [0.15, 0.2) is 0 Å². The molecule has 1 aliphatic heterocycles. The number of carbonyl (C=O) groups excluding carboxylic acids is 1. The van der Waals surface area contributed by atoms with Crippen LogP contribution >= 0.6 is 0 Å². The van der Waals surface area contributed by atoms with Crippen molar-refractivity contribution >= 4 is 12.0 Å². The molecule has 3 N–H and O–H groups in total. The second-order valence-corrected chi connectivity index (χ2v) is 5.40. The number of likely N-dealkylation sites (tertiary alicyclic amines) is 1. The summed E-state index contributed by atoms with van der Waals surface area (Å²) in [6.07, 6.45) is 10.3. The van der Waals surface area contributed by atoms with Crippen LogP contribution in [0.4, 0.5) is 0 Å². The average Bonchev–Trinajstić information content (AvgIpc) is 3.08. The Labute approximate surface area is 131 Å². The molecule has 1 aliphatic rings. The molecular weight excluding hydrogens is 278 g/mol. The number of rotatable bonds is 5. The zero-order valence-electron chi connectivity index (χ0n) is 12.9. The maximum atomic E-state index is 12.2. The van der Waals surface area contributed by atoms with Crippen molar-refractivity contribution in [3.8, 4) is 0 Å². The molecule has 5 heteroatoms. The van der Waals surface area contributed by atoms with E-state index in [1.807, 2.05) is 37.3 Å². The Hall–Kier alpha value is -1.98. The van der Waals surface area contributed by atoms with Gasteiger partial charge in [-0.05, 0) is 31.4 Å². The minimum absolute atomic E-state index is 0.205. The Kier molecular flexibility index (Phi) is 5.86. The summed E-state index contributed by atoms with van der Waals surface area (Å²) in [5.41, 5.74) is 7.25. The number of aromatic nitrogens is 1. The maximum absolute atomic E-state index is 12.2. The number of allylic oxidation sites excluding steroid dienone is 3. The maximum Gasteiger partial charge on any atom is 0.242 e. The highest BCUT2D eigenvalue weighted by atomic mass is 16.3. The molecule has 0 spiro atoms. The van der Waals surface area contributed by atoms with E-state index < -0.39 is 12.1 Å². The number of nitrogens with two attached hydrogens (primary N) is 1. The van der Waals surface area contributed by atoms with E-state index in [-0.39, 0.29) is 5.91 Å². The number of amides is 1. The second kappa shape index (κ2) is 7.87. The number of carbonyl (C=O) groups is 1. The van der Waals surface area contributed by atoms with Crippen molar-refractivity contribution in [1.29, 1.82) is 0 Å². The van der Waals surface area contributed by atoms with Gasteiger partial charge >= 0.3 is 0 Å². The quantitative estimate of drug-likeness (QED) is 0.811. The molecule has 1 aromatic rings. The number of pyridine rings is 1. The fraction of sp³-hybridized carbons (Fsp3) is 0.412. The molecule has 0 aliphatic carbocycles. The van der Waals surface area contributed by atoms with Crippen molar-refractivity contribution in [1.82, 2.24) is 9.88 Å². The number of aliphatic hydroxyl groups is 1. The van der Waals surface area contributed by atoms with Gasteiger partial charge in [0.05, 0.1) is 5.69 Å². The topological polar surface area (TPSA) is 79.5 Å². The van der Waals surface area contributed by atoms with E-state index in [1.165, 1.54) is 0 Å². The summed E-state index contributed by atoms with van der Waals surface area (Å²) in [4.78, 5) is 18.1. The first kappa shape index (κ1) is 16.4. The molecule has 2 rings (SSSR count). The summed E-state index contributed by atoms with van der Waals surface area (Å²) >= 11 is 0. The van der Waals surface area contributed by atoms with Gasteiger partial charge in [-0.25, -0.2) is 0 Å². The van der Waals surface area contributed by atoms with Gasteiger partial charge in [0.2, 0.25) is 5.91 Å². The van der Waals surface area contributed by atoms with Gasteiger partial charge in [0, 0.05) is 19.3 Å². The number of hydrogen-bond donors (Lipinski definition) is 2. The summed E-state index contributed by atoms with van der Waals surface area (Å²) in [6.45, 7) is 3.39. The molecule has 0 saturated carbocycles. The van der Waals surface area contributed by atoms with Gasteiger partial charge in [-0.3, -0.25) is 9.78 Å². The molecule has 0 unspecified atom stereocenters. The highest BCUT2D eigenvalue weighted by molar-refractivity contribution is 5.82. The van der Waals surface area contributed by atoms with Gasteiger partial charge in [-0.2, -0.15) is 0 Å². The number of aliphatic hydroxyl groups excluding tert-OH is 1. The monoisotopic (exact) mass is 301 g/mol. The van der Waals surface area contributed by atoms with Crippen LogP contribution in [0.5, 0.6) is 0 Å². The molecule has 1 fully saturated rings. The molecule has 1 amide bonds. The summed E-state index contributed by atoms with van der Waals surface area (Å²) < 4.78 is 0. The number of nitrogens with zero attached hydrogens (tertiary/aromatic N) is 2. The normalized spacial score (nSPS) is 18.2. The fourth-order valence-electron chi connectivity index (χ4n) is 2.44. The minimum atomic E-state index is -1.08. The van der Waals surface area contributed by atoms with Crippen molar-refractivity contribution in [2.24, 2.45) is 5.73 Å². The van der Waals surface area contributed by atoms with Crippen LogP contribution in [0.1, 0.15) is 37.1 Å². The summed E-state index contributed by atoms with van der Waals surface area (Å²) in [5, 5.41) is 10.3. The molecule has 0 aromatic carbocycles. The molecule has 5 nitrogen and oxygen atoms in total. The Morgan fingerprint density at radius 1 is 1.36 bits per heavy atom. The zero-order valence-corrected chi connectivity index (χ0v) is 12.9. The fourth-order valence-corrected chi connectivity index (χ4v) is 2.44. The van der Waals surface area contributed by atoms with Crippen LogP contribution in [0, 0.1) is 0 Å². The van der Waals surface area contributed by atoms with Crippen molar-refractivity contribution < 1.29 is 9.90 Å². The van der Waals surface area contributed by atoms with Crippen LogP contribution in [-0.2, 0) is 4.79 Å². The summed E-state index contributed by atoms with van der Waals surface area (Å²) in [5.74, 6) is -0.205. The molecule has 118 valence electrons. The lowest BCUT2D eigenvalue weighted by atomic mass is 10.1. The molecule has 22 heavy (non-hydrogen) atoms. The van der Waals surface area contributed by atoms with Crippen molar-refractivity contribution in [2.75, 3.05) is 13.1 Å². The van der Waals surface area contributed by atoms with Gasteiger partial charge in [-0.1, -0.05) is 30.4 Å². The van der Waals surface area contributed by atoms with Gasteiger partial charge in [0.1, 0.15) is 12.1 Å². The third-order valence-corrected chi connectivity index (χ3v) is 3.75. The van der Waals surface area contributed by atoms with Crippen molar-refractivity contribution in [2.45, 2.75) is 31.9 Å². The van der Waals surface area contributed by atoms with E-state index in [4.69, 9.17) is 5.73 Å². The largest absolute Gasteiger partial charge is 0.385 e. The Bertz CT molecular complexity index is 546. The number of hydrogen-bond acceptors (Lipinski definition) is 4. The van der Waals surface area contributed by atoms with E-state index in [2.05, 4.69) is 4.98 Å². The third kappa shape index (κ3) is 4.02. The van der Waals surface area contributed by atoms with E-state index in [1.54, 1.807) is 17.2 Å². The Morgan fingerprint density at radius 3 is 2.68 bits per heavy atom. The zero-order chi connectivity index (χ0) is 15.9. The smallest absolute Gasteiger partial charge is 0.242 e. The van der Waals surface area contributed by atoms with Crippen molar-refractivity contribution in [3.05, 3.63) is 47.8 Å². The molecule has 2 heterocycles. The molecular formula is C17H23N3O2.